The second kappa shape index (κ2) is 9.02. The number of thiophene rings is 1. The van der Waals surface area contributed by atoms with Crippen LogP contribution < -0.4 is 5.32 Å². The molecule has 4 rings (SSSR count). The summed E-state index contributed by atoms with van der Waals surface area (Å²) >= 11 is 2.90. The number of hydrogen-bond acceptors (Lipinski definition) is 5. The molecule has 1 amide bonds. The third-order valence-electron chi connectivity index (χ3n) is 4.12. The van der Waals surface area contributed by atoms with E-state index < -0.39 is 0 Å². The number of hydrogen-bond donors (Lipinski definition) is 1. The van der Waals surface area contributed by atoms with Crippen LogP contribution in [-0.2, 0) is 11.3 Å². The second-order valence-corrected chi connectivity index (χ2v) is 8.10. The second-order valence-electron chi connectivity index (χ2n) is 6.13. The molecule has 2 aromatic carbocycles. The zero-order valence-electron chi connectivity index (χ0n) is 15.3. The molecule has 5 nitrogen and oxygen atoms in total. The Morgan fingerprint density at radius 2 is 1.83 bits per heavy atom. The van der Waals surface area contributed by atoms with E-state index >= 15 is 0 Å². The van der Waals surface area contributed by atoms with Crippen molar-refractivity contribution in [2.24, 2.45) is 0 Å². The molecule has 4 aromatic rings. The van der Waals surface area contributed by atoms with Crippen LogP contribution in [0.4, 0.5) is 4.39 Å². The van der Waals surface area contributed by atoms with Gasteiger partial charge >= 0.3 is 0 Å². The van der Waals surface area contributed by atoms with Gasteiger partial charge in [0.1, 0.15) is 5.82 Å². The predicted molar refractivity (Wildman–Crippen MR) is 114 cm³/mol. The minimum Gasteiger partial charge on any atom is -0.350 e. The lowest BCUT2D eigenvalue weighted by molar-refractivity contribution is -0.118. The molecule has 0 aliphatic rings. The minimum atomic E-state index is -0.315. The van der Waals surface area contributed by atoms with Gasteiger partial charge in [0.05, 0.1) is 12.3 Å². The van der Waals surface area contributed by atoms with Gasteiger partial charge in [-0.15, -0.1) is 21.5 Å². The van der Waals surface area contributed by atoms with E-state index in [-0.39, 0.29) is 17.5 Å². The first-order valence-electron chi connectivity index (χ1n) is 8.89. The average Bonchev–Trinajstić information content (AvgIpc) is 3.42. The summed E-state index contributed by atoms with van der Waals surface area (Å²) in [6.45, 7) is 0.511. The molecule has 2 aromatic heterocycles. The van der Waals surface area contributed by atoms with Gasteiger partial charge in [-0.25, -0.2) is 4.39 Å². The number of amides is 1. The fourth-order valence-electron chi connectivity index (χ4n) is 2.74. The lowest BCUT2D eigenvalue weighted by Gasteiger charge is -2.10. The maximum atomic E-state index is 13.4. The molecule has 0 aliphatic heterocycles. The van der Waals surface area contributed by atoms with Gasteiger partial charge in [-0.1, -0.05) is 48.2 Å². The Morgan fingerprint density at radius 3 is 2.55 bits per heavy atom. The molecule has 0 radical (unpaired) electrons. The van der Waals surface area contributed by atoms with Crippen LogP contribution in [0.1, 0.15) is 4.88 Å². The van der Waals surface area contributed by atoms with Crippen LogP contribution in [0.3, 0.4) is 0 Å². The standard InChI is InChI=1S/C21H17FN4OS2/c22-16-8-10-17(11-9-16)26-20(15-5-2-1-3-6-15)24-25-21(26)29-14-19(27)23-13-18-7-4-12-28-18/h1-12H,13-14H2,(H,23,27). The van der Waals surface area contributed by atoms with Crippen LogP contribution >= 0.6 is 23.1 Å². The van der Waals surface area contributed by atoms with E-state index in [1.165, 1.54) is 23.9 Å². The Bertz CT molecular complexity index is 1080. The summed E-state index contributed by atoms with van der Waals surface area (Å²) < 4.78 is 15.2. The number of carbonyl (C=O) groups is 1. The zero-order chi connectivity index (χ0) is 20.1. The fourth-order valence-corrected chi connectivity index (χ4v) is 4.17. The van der Waals surface area contributed by atoms with Gasteiger partial charge in [-0.05, 0) is 35.7 Å². The van der Waals surface area contributed by atoms with Crippen LogP contribution in [0.15, 0.2) is 77.3 Å². The average molecular weight is 425 g/mol. The molecule has 0 fully saturated rings. The molecule has 0 spiro atoms. The third kappa shape index (κ3) is 4.72. The number of rotatable bonds is 7. The molecule has 146 valence electrons. The maximum Gasteiger partial charge on any atom is 0.230 e. The van der Waals surface area contributed by atoms with Crippen LogP contribution in [0.25, 0.3) is 17.1 Å². The van der Waals surface area contributed by atoms with Crippen LogP contribution in [0, 0.1) is 5.82 Å². The third-order valence-corrected chi connectivity index (χ3v) is 5.93. The molecular formula is C21H17FN4OS2. The Kier molecular flexibility index (Phi) is 6.02. The number of halogens is 1. The highest BCUT2D eigenvalue weighted by atomic mass is 32.2. The van der Waals surface area contributed by atoms with Crippen LogP contribution in [0.5, 0.6) is 0 Å². The topological polar surface area (TPSA) is 59.8 Å². The van der Waals surface area contributed by atoms with E-state index in [1.807, 2.05) is 52.4 Å². The lowest BCUT2D eigenvalue weighted by Crippen LogP contribution is -2.24. The molecule has 0 saturated heterocycles. The lowest BCUT2D eigenvalue weighted by atomic mass is 10.2. The Balaban J connectivity index is 1.55. The quantitative estimate of drug-likeness (QED) is 0.443. The van der Waals surface area contributed by atoms with Crippen LogP contribution in [0.2, 0.25) is 0 Å². The summed E-state index contributed by atoms with van der Waals surface area (Å²) in [7, 11) is 0. The Morgan fingerprint density at radius 1 is 1.03 bits per heavy atom. The molecule has 2 heterocycles. The van der Waals surface area contributed by atoms with E-state index in [0.717, 1.165) is 16.1 Å². The molecule has 0 aliphatic carbocycles. The monoisotopic (exact) mass is 424 g/mol. The number of thioether (sulfide) groups is 1. The van der Waals surface area contributed by atoms with Gasteiger partial charge in [-0.3, -0.25) is 9.36 Å². The summed E-state index contributed by atoms with van der Waals surface area (Å²) in [6, 6.07) is 19.7. The summed E-state index contributed by atoms with van der Waals surface area (Å²) in [6.07, 6.45) is 0. The number of aromatic nitrogens is 3. The van der Waals surface area contributed by atoms with Crippen molar-refractivity contribution in [3.63, 3.8) is 0 Å². The Hall–Kier alpha value is -2.97. The van der Waals surface area contributed by atoms with Crippen molar-refractivity contribution in [2.45, 2.75) is 11.7 Å². The van der Waals surface area contributed by atoms with Crippen LogP contribution in [-0.4, -0.2) is 26.4 Å². The number of nitrogens with one attached hydrogen (secondary N) is 1. The van der Waals surface area contributed by atoms with Gasteiger partial charge in [0.25, 0.3) is 0 Å². The number of benzene rings is 2. The molecule has 0 saturated carbocycles. The summed E-state index contributed by atoms with van der Waals surface area (Å²) in [5.74, 6) is 0.446. The van der Waals surface area contributed by atoms with E-state index in [1.54, 1.807) is 23.5 Å². The maximum absolute atomic E-state index is 13.4. The molecule has 1 N–H and O–H groups in total. The smallest absolute Gasteiger partial charge is 0.230 e. The minimum absolute atomic E-state index is 0.0849. The van der Waals surface area contributed by atoms with Gasteiger partial charge in [0, 0.05) is 16.1 Å². The molecule has 0 atom stereocenters. The first-order valence-corrected chi connectivity index (χ1v) is 10.8. The van der Waals surface area contributed by atoms with Gasteiger partial charge in [0.15, 0.2) is 11.0 Å². The van der Waals surface area contributed by atoms with E-state index in [2.05, 4.69) is 15.5 Å². The molecule has 0 bridgehead atoms. The highest BCUT2D eigenvalue weighted by molar-refractivity contribution is 7.99. The molecular weight excluding hydrogens is 407 g/mol. The van der Waals surface area contributed by atoms with Crippen molar-refractivity contribution in [3.8, 4) is 17.1 Å². The fraction of sp³-hybridized carbons (Fsp3) is 0.0952. The predicted octanol–water partition coefficient (Wildman–Crippen LogP) is 4.54. The number of nitrogens with zero attached hydrogens (tertiary/aromatic N) is 3. The largest absolute Gasteiger partial charge is 0.350 e. The van der Waals surface area contributed by atoms with Crippen molar-refractivity contribution < 1.29 is 9.18 Å². The van der Waals surface area contributed by atoms with Gasteiger partial charge in [-0.2, -0.15) is 0 Å². The van der Waals surface area contributed by atoms with Gasteiger partial charge in [0.2, 0.25) is 5.91 Å². The first-order chi connectivity index (χ1) is 14.2. The summed E-state index contributed by atoms with van der Waals surface area (Å²) in [5.41, 5.74) is 1.62. The SMILES string of the molecule is O=C(CSc1nnc(-c2ccccc2)n1-c1ccc(F)cc1)NCc1cccs1. The highest BCUT2D eigenvalue weighted by Gasteiger charge is 2.17. The molecule has 8 heteroatoms. The zero-order valence-corrected chi connectivity index (χ0v) is 16.9. The van der Waals surface area contributed by atoms with Crippen molar-refractivity contribution in [3.05, 3.63) is 82.8 Å². The Labute approximate surface area is 175 Å². The van der Waals surface area contributed by atoms with Crippen molar-refractivity contribution in [1.82, 2.24) is 20.1 Å². The van der Waals surface area contributed by atoms with Crippen molar-refractivity contribution in [1.29, 1.82) is 0 Å². The summed E-state index contributed by atoms with van der Waals surface area (Å²) in [4.78, 5) is 13.3. The van der Waals surface area contributed by atoms with Gasteiger partial charge < -0.3 is 5.32 Å². The molecule has 0 unspecified atom stereocenters. The first kappa shape index (κ1) is 19.4. The summed E-state index contributed by atoms with van der Waals surface area (Å²) in [5, 5.41) is 14.0. The van der Waals surface area contributed by atoms with E-state index in [4.69, 9.17) is 0 Å². The normalized spacial score (nSPS) is 10.8. The van der Waals surface area contributed by atoms with E-state index in [0.29, 0.717) is 17.5 Å². The number of carbonyl (C=O) groups excluding carboxylic acids is 1. The highest BCUT2D eigenvalue weighted by Crippen LogP contribution is 2.28. The van der Waals surface area contributed by atoms with Crippen molar-refractivity contribution in [2.75, 3.05) is 5.75 Å². The van der Waals surface area contributed by atoms with E-state index in [9.17, 15) is 9.18 Å². The molecule has 29 heavy (non-hydrogen) atoms. The van der Waals surface area contributed by atoms with Crippen molar-refractivity contribution >= 4 is 29.0 Å².